The van der Waals surface area contributed by atoms with Crippen molar-refractivity contribution >= 4 is 11.7 Å². The zero-order valence-corrected chi connectivity index (χ0v) is 8.72. The zero-order chi connectivity index (χ0) is 12.3. The number of aromatic nitrogens is 1. The van der Waals surface area contributed by atoms with Crippen LogP contribution in [-0.2, 0) is 4.74 Å². The Balaban J connectivity index is 3.12. The molecule has 0 saturated carbocycles. The van der Waals surface area contributed by atoms with Crippen molar-refractivity contribution in [2.45, 2.75) is 20.0 Å². The van der Waals surface area contributed by atoms with Crippen LogP contribution >= 0.6 is 0 Å². The third kappa shape index (κ3) is 2.66. The number of nitrogens with zero attached hydrogens (tertiary/aromatic N) is 1. The molecule has 0 bridgehead atoms. The van der Waals surface area contributed by atoms with Gasteiger partial charge in [-0.1, -0.05) is 0 Å². The van der Waals surface area contributed by atoms with Gasteiger partial charge >= 0.3 is 5.97 Å². The van der Waals surface area contributed by atoms with Crippen LogP contribution in [0.3, 0.4) is 0 Å². The predicted molar refractivity (Wildman–Crippen MR) is 54.3 cm³/mol. The van der Waals surface area contributed by atoms with E-state index in [1.165, 1.54) is 0 Å². The van der Waals surface area contributed by atoms with Crippen LogP contribution in [0.25, 0.3) is 0 Å². The smallest absolute Gasteiger partial charge is 0.344 e. The molecule has 0 spiro atoms. The molecule has 0 radical (unpaired) electrons. The minimum atomic E-state index is -0.875. The fraction of sp³-hybridized carbons (Fsp3) is 0.333. The monoisotopic (exact) mass is 226 g/mol. The maximum atomic E-state index is 11.4. The van der Waals surface area contributed by atoms with Crippen LogP contribution in [0.2, 0.25) is 0 Å². The lowest BCUT2D eigenvalue weighted by atomic mass is 10.2. The number of carbonyl (C=O) groups excluding carboxylic acids is 1. The van der Waals surface area contributed by atoms with Crippen molar-refractivity contribution < 1.29 is 14.5 Å². The first-order chi connectivity index (χ1) is 7.41. The lowest BCUT2D eigenvalue weighted by Crippen LogP contribution is -2.21. The summed E-state index contributed by atoms with van der Waals surface area (Å²) in [5.41, 5.74) is -1.45. The topological polar surface area (TPSA) is 102 Å². The van der Waals surface area contributed by atoms with E-state index in [1.54, 1.807) is 13.8 Å². The molecule has 1 N–H and O–H groups in total. The first-order valence-corrected chi connectivity index (χ1v) is 4.50. The highest BCUT2D eigenvalue weighted by atomic mass is 16.6. The van der Waals surface area contributed by atoms with Crippen molar-refractivity contribution in [3.05, 3.63) is 38.3 Å². The average Bonchev–Trinajstić information content (AvgIpc) is 2.16. The van der Waals surface area contributed by atoms with E-state index in [0.717, 1.165) is 12.3 Å². The van der Waals surface area contributed by atoms with Gasteiger partial charge in [0.1, 0.15) is 5.56 Å². The molecule has 1 heterocycles. The molecule has 86 valence electrons. The van der Waals surface area contributed by atoms with Crippen molar-refractivity contribution in [1.82, 2.24) is 4.98 Å². The van der Waals surface area contributed by atoms with Gasteiger partial charge in [-0.2, -0.15) is 0 Å². The van der Waals surface area contributed by atoms with Crippen LogP contribution in [0.4, 0.5) is 5.69 Å². The largest absolute Gasteiger partial charge is 0.459 e. The van der Waals surface area contributed by atoms with Gasteiger partial charge in [-0.25, -0.2) is 4.79 Å². The summed E-state index contributed by atoms with van der Waals surface area (Å²) >= 11 is 0. The van der Waals surface area contributed by atoms with Crippen LogP contribution in [-0.4, -0.2) is 22.0 Å². The molecule has 7 nitrogen and oxygen atoms in total. The van der Waals surface area contributed by atoms with E-state index in [2.05, 4.69) is 4.98 Å². The lowest BCUT2D eigenvalue weighted by Gasteiger charge is -2.06. The van der Waals surface area contributed by atoms with Gasteiger partial charge in [0.15, 0.2) is 0 Å². The first kappa shape index (κ1) is 11.9. The fourth-order valence-electron chi connectivity index (χ4n) is 1.01. The molecular weight excluding hydrogens is 216 g/mol. The molecule has 1 aromatic rings. The number of nitro groups is 1. The SMILES string of the molecule is CC(C)OC(=O)c1cc([N+](=O)[O-])c[nH]c1=O. The molecule has 0 aliphatic carbocycles. The van der Waals surface area contributed by atoms with Gasteiger partial charge in [0.2, 0.25) is 0 Å². The Hall–Kier alpha value is -2.18. The molecular formula is C9H10N2O5. The molecule has 1 aromatic heterocycles. The van der Waals surface area contributed by atoms with Crippen molar-refractivity contribution in [3.8, 4) is 0 Å². The van der Waals surface area contributed by atoms with E-state index >= 15 is 0 Å². The Labute approximate surface area is 90.2 Å². The second kappa shape index (κ2) is 4.56. The van der Waals surface area contributed by atoms with E-state index in [-0.39, 0.29) is 11.3 Å². The van der Waals surface area contributed by atoms with Gasteiger partial charge in [0.05, 0.1) is 17.2 Å². The maximum absolute atomic E-state index is 11.4. The normalized spacial score (nSPS) is 10.2. The average molecular weight is 226 g/mol. The Kier molecular flexibility index (Phi) is 3.39. The highest BCUT2D eigenvalue weighted by Crippen LogP contribution is 2.09. The van der Waals surface area contributed by atoms with E-state index in [9.17, 15) is 19.7 Å². The van der Waals surface area contributed by atoms with Gasteiger partial charge in [-0.3, -0.25) is 14.9 Å². The molecule has 0 aliphatic rings. The number of H-pyrrole nitrogens is 1. The predicted octanol–water partition coefficient (Wildman–Crippen LogP) is 0.848. The summed E-state index contributed by atoms with van der Waals surface area (Å²) in [5.74, 6) is -0.875. The number of pyridine rings is 1. The number of rotatable bonds is 3. The van der Waals surface area contributed by atoms with Crippen LogP contribution in [0, 0.1) is 10.1 Å². The highest BCUT2D eigenvalue weighted by molar-refractivity contribution is 5.89. The standard InChI is InChI=1S/C9H10N2O5/c1-5(2)16-9(13)7-3-6(11(14)15)4-10-8(7)12/h3-5H,1-2H3,(H,10,12). The summed E-state index contributed by atoms with van der Waals surface area (Å²) in [6, 6.07) is 0.892. The summed E-state index contributed by atoms with van der Waals surface area (Å²) in [4.78, 5) is 34.5. The number of carbonyl (C=O) groups is 1. The van der Waals surface area contributed by atoms with Crippen molar-refractivity contribution in [1.29, 1.82) is 0 Å². The molecule has 1 rings (SSSR count). The van der Waals surface area contributed by atoms with E-state index in [1.807, 2.05) is 0 Å². The number of nitrogens with one attached hydrogen (secondary N) is 1. The Bertz CT molecular complexity index is 477. The lowest BCUT2D eigenvalue weighted by molar-refractivity contribution is -0.385. The van der Waals surface area contributed by atoms with Gasteiger partial charge < -0.3 is 9.72 Å². The molecule has 0 atom stereocenters. The molecule has 0 aromatic carbocycles. The quantitative estimate of drug-likeness (QED) is 0.467. The van der Waals surface area contributed by atoms with Gasteiger partial charge in [-0.05, 0) is 13.8 Å². The molecule has 7 heteroatoms. The van der Waals surface area contributed by atoms with Crippen molar-refractivity contribution in [3.63, 3.8) is 0 Å². The molecule has 0 fully saturated rings. The second-order valence-electron chi connectivity index (χ2n) is 3.31. The van der Waals surface area contributed by atoms with E-state index < -0.39 is 22.6 Å². The molecule has 16 heavy (non-hydrogen) atoms. The van der Waals surface area contributed by atoms with Crippen LogP contribution in [0.5, 0.6) is 0 Å². The summed E-state index contributed by atoms with van der Waals surface area (Å²) in [5, 5.41) is 10.4. The minimum absolute atomic E-state index is 0.365. The third-order valence-corrected chi connectivity index (χ3v) is 1.66. The summed E-state index contributed by atoms with van der Waals surface area (Å²) in [6.45, 7) is 3.23. The summed E-state index contributed by atoms with van der Waals surface area (Å²) in [6.07, 6.45) is 0.528. The molecule has 0 aliphatic heterocycles. The van der Waals surface area contributed by atoms with E-state index in [4.69, 9.17) is 4.74 Å². The zero-order valence-electron chi connectivity index (χ0n) is 8.72. The third-order valence-electron chi connectivity index (χ3n) is 1.66. The Morgan fingerprint density at radius 1 is 1.56 bits per heavy atom. The van der Waals surface area contributed by atoms with Crippen molar-refractivity contribution in [2.75, 3.05) is 0 Å². The molecule has 0 amide bonds. The number of ether oxygens (including phenoxy) is 1. The number of esters is 1. The van der Waals surface area contributed by atoms with Gasteiger partial charge in [0, 0.05) is 6.07 Å². The van der Waals surface area contributed by atoms with Crippen molar-refractivity contribution in [2.24, 2.45) is 0 Å². The Morgan fingerprint density at radius 2 is 2.19 bits per heavy atom. The van der Waals surface area contributed by atoms with Crippen LogP contribution < -0.4 is 5.56 Å². The number of hydrogen-bond donors (Lipinski definition) is 1. The molecule has 0 saturated heterocycles. The van der Waals surface area contributed by atoms with Gasteiger partial charge in [-0.15, -0.1) is 0 Å². The molecule has 0 unspecified atom stereocenters. The summed E-state index contributed by atoms with van der Waals surface area (Å²) in [7, 11) is 0. The Morgan fingerprint density at radius 3 is 2.69 bits per heavy atom. The maximum Gasteiger partial charge on any atom is 0.344 e. The first-order valence-electron chi connectivity index (χ1n) is 4.50. The highest BCUT2D eigenvalue weighted by Gasteiger charge is 2.17. The van der Waals surface area contributed by atoms with E-state index in [0.29, 0.717) is 0 Å². The summed E-state index contributed by atoms with van der Waals surface area (Å²) < 4.78 is 4.77. The minimum Gasteiger partial charge on any atom is -0.459 e. The van der Waals surface area contributed by atoms with Gasteiger partial charge in [0.25, 0.3) is 11.2 Å². The fourth-order valence-corrected chi connectivity index (χ4v) is 1.01. The number of aromatic amines is 1. The van der Waals surface area contributed by atoms with Crippen LogP contribution in [0.15, 0.2) is 17.1 Å². The number of hydrogen-bond acceptors (Lipinski definition) is 5. The second-order valence-corrected chi connectivity index (χ2v) is 3.31. The van der Waals surface area contributed by atoms with Crippen LogP contribution in [0.1, 0.15) is 24.2 Å².